The number of nitrogens with zero attached hydrogens (tertiary/aromatic N) is 1. The van der Waals surface area contributed by atoms with Gasteiger partial charge in [-0.2, -0.15) is 0 Å². The van der Waals surface area contributed by atoms with Crippen molar-refractivity contribution < 1.29 is 14.3 Å². The molecule has 3 N–H and O–H groups in total. The zero-order valence-electron chi connectivity index (χ0n) is 9.78. The molecule has 0 unspecified atom stereocenters. The largest absolute Gasteiger partial charge is 0.377 e. The van der Waals surface area contributed by atoms with Gasteiger partial charge in [0.15, 0.2) is 0 Å². The summed E-state index contributed by atoms with van der Waals surface area (Å²) in [6.45, 7) is 5.40. The smallest absolute Gasteiger partial charge is 0.242 e. The van der Waals surface area contributed by atoms with Crippen LogP contribution in [-0.2, 0) is 14.3 Å². The molecule has 1 fully saturated rings. The Labute approximate surface area is 95.1 Å². The number of nitrogens with two attached hydrogens (primary N) is 1. The van der Waals surface area contributed by atoms with E-state index in [0.717, 1.165) is 0 Å². The highest BCUT2D eigenvalue weighted by molar-refractivity contribution is 5.85. The number of amides is 2. The highest BCUT2D eigenvalue weighted by Gasteiger charge is 2.33. The maximum atomic E-state index is 11.8. The third-order valence-corrected chi connectivity index (χ3v) is 2.57. The first-order valence-corrected chi connectivity index (χ1v) is 5.32. The standard InChI is InChI=1S/C10H19N3O3/c1-10(2)7-16-4-3-13(10)9(15)6-12-8(14)5-11/h3-7,11H2,1-2H3,(H,12,14). The molecule has 2 amide bonds. The lowest BCUT2D eigenvalue weighted by atomic mass is 10.0. The Kier molecular flexibility index (Phi) is 4.26. The average molecular weight is 229 g/mol. The number of hydrogen-bond donors (Lipinski definition) is 2. The molecule has 0 atom stereocenters. The maximum Gasteiger partial charge on any atom is 0.242 e. The van der Waals surface area contributed by atoms with E-state index in [0.29, 0.717) is 19.8 Å². The molecule has 0 bridgehead atoms. The predicted molar refractivity (Wildman–Crippen MR) is 58.7 cm³/mol. The molecule has 16 heavy (non-hydrogen) atoms. The van der Waals surface area contributed by atoms with Gasteiger partial charge in [0.2, 0.25) is 11.8 Å². The Balaban J connectivity index is 2.49. The summed E-state index contributed by atoms with van der Waals surface area (Å²) in [6.07, 6.45) is 0. The second kappa shape index (κ2) is 5.27. The van der Waals surface area contributed by atoms with Crippen LogP contribution in [0.1, 0.15) is 13.8 Å². The van der Waals surface area contributed by atoms with Crippen molar-refractivity contribution in [1.82, 2.24) is 10.2 Å². The third-order valence-electron chi connectivity index (χ3n) is 2.57. The Morgan fingerprint density at radius 1 is 1.50 bits per heavy atom. The van der Waals surface area contributed by atoms with Crippen LogP contribution in [0.4, 0.5) is 0 Å². The van der Waals surface area contributed by atoms with Gasteiger partial charge < -0.3 is 20.7 Å². The predicted octanol–water partition coefficient (Wildman–Crippen LogP) is -1.30. The second-order valence-electron chi connectivity index (χ2n) is 4.39. The first kappa shape index (κ1) is 12.9. The molecule has 6 nitrogen and oxygen atoms in total. The molecular weight excluding hydrogens is 210 g/mol. The molecule has 0 aromatic rings. The minimum absolute atomic E-state index is 0.000532. The van der Waals surface area contributed by atoms with Gasteiger partial charge >= 0.3 is 0 Å². The second-order valence-corrected chi connectivity index (χ2v) is 4.39. The fraction of sp³-hybridized carbons (Fsp3) is 0.800. The van der Waals surface area contributed by atoms with Gasteiger partial charge in [-0.3, -0.25) is 9.59 Å². The molecule has 1 rings (SSSR count). The summed E-state index contributed by atoms with van der Waals surface area (Å²) < 4.78 is 5.31. The molecule has 0 aromatic heterocycles. The van der Waals surface area contributed by atoms with Gasteiger partial charge in [0.05, 0.1) is 31.8 Å². The van der Waals surface area contributed by atoms with E-state index in [1.54, 1.807) is 4.90 Å². The van der Waals surface area contributed by atoms with Crippen molar-refractivity contribution in [3.8, 4) is 0 Å². The normalized spacial score (nSPS) is 19.3. The van der Waals surface area contributed by atoms with Crippen LogP contribution in [0, 0.1) is 0 Å². The van der Waals surface area contributed by atoms with E-state index in [1.165, 1.54) is 0 Å². The summed E-state index contributed by atoms with van der Waals surface area (Å²) in [4.78, 5) is 24.5. The summed E-state index contributed by atoms with van der Waals surface area (Å²) in [5.41, 5.74) is 4.82. The SMILES string of the molecule is CC1(C)COCCN1C(=O)CNC(=O)CN. The van der Waals surface area contributed by atoms with Crippen LogP contribution in [0.15, 0.2) is 0 Å². The van der Waals surface area contributed by atoms with Crippen LogP contribution < -0.4 is 11.1 Å². The van der Waals surface area contributed by atoms with Crippen LogP contribution in [-0.4, -0.2) is 55.1 Å². The van der Waals surface area contributed by atoms with Gasteiger partial charge in [0.1, 0.15) is 0 Å². The van der Waals surface area contributed by atoms with Crippen molar-refractivity contribution in [1.29, 1.82) is 0 Å². The van der Waals surface area contributed by atoms with Crippen molar-refractivity contribution in [2.24, 2.45) is 5.73 Å². The van der Waals surface area contributed by atoms with Crippen LogP contribution in [0.2, 0.25) is 0 Å². The van der Waals surface area contributed by atoms with Crippen LogP contribution in [0.3, 0.4) is 0 Å². The monoisotopic (exact) mass is 229 g/mol. The fourth-order valence-electron chi connectivity index (χ4n) is 1.66. The topological polar surface area (TPSA) is 84.7 Å². The number of morpholine rings is 1. The van der Waals surface area contributed by atoms with E-state index in [-0.39, 0.29) is 30.4 Å². The molecule has 1 aliphatic heterocycles. The quantitative estimate of drug-likeness (QED) is 0.630. The zero-order chi connectivity index (χ0) is 12.2. The molecule has 0 aromatic carbocycles. The summed E-state index contributed by atoms with van der Waals surface area (Å²) >= 11 is 0. The fourth-order valence-corrected chi connectivity index (χ4v) is 1.66. The number of rotatable bonds is 3. The third kappa shape index (κ3) is 3.18. The zero-order valence-corrected chi connectivity index (χ0v) is 9.78. The number of carbonyl (C=O) groups is 2. The molecular formula is C10H19N3O3. The molecule has 1 heterocycles. The minimum Gasteiger partial charge on any atom is -0.377 e. The van der Waals surface area contributed by atoms with E-state index in [4.69, 9.17) is 10.5 Å². The van der Waals surface area contributed by atoms with Gasteiger partial charge in [0, 0.05) is 6.54 Å². The van der Waals surface area contributed by atoms with Crippen LogP contribution in [0.5, 0.6) is 0 Å². The molecule has 6 heteroatoms. The Bertz CT molecular complexity index is 278. The van der Waals surface area contributed by atoms with Crippen molar-refractivity contribution in [2.75, 3.05) is 32.8 Å². The number of ether oxygens (including phenoxy) is 1. The first-order chi connectivity index (χ1) is 7.47. The molecule has 1 saturated heterocycles. The van der Waals surface area contributed by atoms with E-state index >= 15 is 0 Å². The maximum absolute atomic E-state index is 11.8. The van der Waals surface area contributed by atoms with E-state index in [1.807, 2.05) is 13.8 Å². The number of carbonyl (C=O) groups excluding carboxylic acids is 2. The Morgan fingerprint density at radius 2 is 2.19 bits per heavy atom. The van der Waals surface area contributed by atoms with E-state index in [9.17, 15) is 9.59 Å². The van der Waals surface area contributed by atoms with Crippen LogP contribution in [0.25, 0.3) is 0 Å². The van der Waals surface area contributed by atoms with Crippen molar-refractivity contribution in [3.05, 3.63) is 0 Å². The van der Waals surface area contributed by atoms with E-state index in [2.05, 4.69) is 5.32 Å². The molecule has 0 saturated carbocycles. The highest BCUT2D eigenvalue weighted by Crippen LogP contribution is 2.18. The van der Waals surface area contributed by atoms with Crippen molar-refractivity contribution in [2.45, 2.75) is 19.4 Å². The molecule has 1 aliphatic rings. The summed E-state index contributed by atoms with van der Waals surface area (Å²) in [5, 5.41) is 2.47. The number of nitrogens with one attached hydrogen (secondary N) is 1. The Morgan fingerprint density at radius 3 is 2.75 bits per heavy atom. The number of hydrogen-bond acceptors (Lipinski definition) is 4. The van der Waals surface area contributed by atoms with Gasteiger partial charge in [-0.05, 0) is 13.8 Å². The average Bonchev–Trinajstić information content (AvgIpc) is 2.24. The minimum atomic E-state index is -0.320. The summed E-state index contributed by atoms with van der Waals surface area (Å²) in [6, 6.07) is 0. The van der Waals surface area contributed by atoms with Crippen molar-refractivity contribution in [3.63, 3.8) is 0 Å². The van der Waals surface area contributed by atoms with Crippen molar-refractivity contribution >= 4 is 11.8 Å². The summed E-state index contributed by atoms with van der Waals surface area (Å²) in [5.74, 6) is -0.422. The molecule has 92 valence electrons. The van der Waals surface area contributed by atoms with Gasteiger partial charge in [0.25, 0.3) is 0 Å². The van der Waals surface area contributed by atoms with Gasteiger partial charge in [-0.25, -0.2) is 0 Å². The van der Waals surface area contributed by atoms with Gasteiger partial charge in [-0.1, -0.05) is 0 Å². The van der Waals surface area contributed by atoms with Gasteiger partial charge in [-0.15, -0.1) is 0 Å². The molecule has 0 spiro atoms. The summed E-state index contributed by atoms with van der Waals surface area (Å²) in [7, 11) is 0. The Hall–Kier alpha value is -1.14. The molecule has 0 radical (unpaired) electrons. The lowest BCUT2D eigenvalue weighted by Gasteiger charge is -2.42. The van der Waals surface area contributed by atoms with E-state index < -0.39 is 0 Å². The van der Waals surface area contributed by atoms with Crippen LogP contribution >= 0.6 is 0 Å². The lowest BCUT2D eigenvalue weighted by molar-refractivity contribution is -0.146. The first-order valence-electron chi connectivity index (χ1n) is 5.32. The lowest BCUT2D eigenvalue weighted by Crippen LogP contribution is -2.57. The highest BCUT2D eigenvalue weighted by atomic mass is 16.5. The molecule has 0 aliphatic carbocycles.